The molecule has 0 aliphatic carbocycles. The smallest absolute Gasteiger partial charge is 0.250 e. The standard InChI is InChI=1S/C20H29N5O5S/c1-13-7-8-17(26)25(13)15-5-4-6-16(14(15)2)31(29,30)22-18(19(21)27)20(28)24-11-9-23(3)10-12-24/h4-6,13,18,22H,7-12H2,1-3H3,(H2,21,27)/t13?,18-/m0/s1. The quantitative estimate of drug-likeness (QED) is 0.556. The summed E-state index contributed by atoms with van der Waals surface area (Å²) in [5.41, 5.74) is 6.25. The predicted molar refractivity (Wildman–Crippen MR) is 115 cm³/mol. The van der Waals surface area contributed by atoms with Crippen molar-refractivity contribution in [2.45, 2.75) is 43.7 Å². The van der Waals surface area contributed by atoms with Gasteiger partial charge in [0.2, 0.25) is 21.8 Å². The molecule has 2 saturated heterocycles. The van der Waals surface area contributed by atoms with Gasteiger partial charge in [0.05, 0.1) is 4.90 Å². The van der Waals surface area contributed by atoms with Crippen LogP contribution in [0.4, 0.5) is 5.69 Å². The largest absolute Gasteiger partial charge is 0.368 e. The molecule has 3 amide bonds. The minimum Gasteiger partial charge on any atom is -0.368 e. The average Bonchev–Trinajstić information content (AvgIpc) is 3.04. The summed E-state index contributed by atoms with van der Waals surface area (Å²) in [6.45, 7) is 5.50. The average molecular weight is 452 g/mol. The van der Waals surface area contributed by atoms with E-state index in [1.165, 1.54) is 17.0 Å². The molecule has 3 rings (SSSR count). The number of hydrogen-bond donors (Lipinski definition) is 2. The van der Waals surface area contributed by atoms with Gasteiger partial charge in [0.1, 0.15) is 0 Å². The Labute approximate surface area is 182 Å². The lowest BCUT2D eigenvalue weighted by Crippen LogP contribution is -2.58. The van der Waals surface area contributed by atoms with Crippen LogP contribution in [0.25, 0.3) is 0 Å². The number of anilines is 1. The fourth-order valence-electron chi connectivity index (χ4n) is 4.01. The number of carbonyl (C=O) groups is 3. The monoisotopic (exact) mass is 451 g/mol. The molecule has 2 fully saturated rings. The summed E-state index contributed by atoms with van der Waals surface area (Å²) in [6, 6.07) is 2.86. The van der Waals surface area contributed by atoms with Crippen LogP contribution in [0.1, 0.15) is 25.3 Å². The van der Waals surface area contributed by atoms with Gasteiger partial charge in [-0.15, -0.1) is 0 Å². The van der Waals surface area contributed by atoms with E-state index in [0.717, 1.165) is 0 Å². The van der Waals surface area contributed by atoms with Crippen molar-refractivity contribution in [2.75, 3.05) is 38.1 Å². The van der Waals surface area contributed by atoms with Gasteiger partial charge in [-0.2, -0.15) is 4.72 Å². The third-order valence-electron chi connectivity index (χ3n) is 5.91. The van der Waals surface area contributed by atoms with Crippen LogP contribution >= 0.6 is 0 Å². The molecule has 2 aliphatic heterocycles. The molecule has 2 aliphatic rings. The molecular weight excluding hydrogens is 422 g/mol. The second-order valence-electron chi connectivity index (χ2n) is 8.14. The van der Waals surface area contributed by atoms with Crippen molar-refractivity contribution in [3.63, 3.8) is 0 Å². The number of carbonyl (C=O) groups excluding carboxylic acids is 3. The van der Waals surface area contributed by atoms with Gasteiger partial charge in [-0.1, -0.05) is 6.07 Å². The summed E-state index contributed by atoms with van der Waals surface area (Å²) in [6.07, 6.45) is 1.09. The number of nitrogens with two attached hydrogens (primary N) is 1. The highest BCUT2D eigenvalue weighted by atomic mass is 32.2. The van der Waals surface area contributed by atoms with E-state index in [9.17, 15) is 22.8 Å². The van der Waals surface area contributed by atoms with Crippen LogP contribution in [0, 0.1) is 6.92 Å². The Kier molecular flexibility index (Phi) is 6.68. The topological polar surface area (TPSA) is 133 Å². The van der Waals surface area contributed by atoms with Crippen molar-refractivity contribution in [2.24, 2.45) is 5.73 Å². The summed E-state index contributed by atoms with van der Waals surface area (Å²) >= 11 is 0. The first-order chi connectivity index (χ1) is 14.5. The molecule has 10 nitrogen and oxygen atoms in total. The van der Waals surface area contributed by atoms with Crippen LogP contribution in [-0.2, 0) is 24.4 Å². The van der Waals surface area contributed by atoms with Gasteiger partial charge in [-0.3, -0.25) is 14.4 Å². The number of benzene rings is 1. The van der Waals surface area contributed by atoms with Crippen molar-refractivity contribution in [3.05, 3.63) is 23.8 Å². The number of primary amides is 1. The maximum atomic E-state index is 13.1. The zero-order valence-corrected chi connectivity index (χ0v) is 18.8. The molecule has 1 aromatic rings. The van der Waals surface area contributed by atoms with E-state index < -0.39 is 27.9 Å². The minimum absolute atomic E-state index is 0.0470. The van der Waals surface area contributed by atoms with E-state index in [-0.39, 0.29) is 16.8 Å². The number of nitrogens with one attached hydrogen (secondary N) is 1. The Hall–Kier alpha value is -2.50. The van der Waals surface area contributed by atoms with Crippen LogP contribution in [0.5, 0.6) is 0 Å². The summed E-state index contributed by atoms with van der Waals surface area (Å²) in [4.78, 5) is 42.1. The molecule has 0 aromatic heterocycles. The van der Waals surface area contributed by atoms with Gasteiger partial charge in [-0.25, -0.2) is 8.42 Å². The number of piperazine rings is 1. The third kappa shape index (κ3) is 4.73. The molecule has 31 heavy (non-hydrogen) atoms. The maximum absolute atomic E-state index is 13.1. The van der Waals surface area contributed by atoms with Crippen LogP contribution < -0.4 is 15.4 Å². The molecule has 2 atom stereocenters. The van der Waals surface area contributed by atoms with Gasteiger partial charge in [0, 0.05) is 44.3 Å². The van der Waals surface area contributed by atoms with E-state index in [1.807, 2.05) is 18.9 Å². The summed E-state index contributed by atoms with van der Waals surface area (Å²) in [5.74, 6) is -1.80. The van der Waals surface area contributed by atoms with Crippen LogP contribution in [0.2, 0.25) is 0 Å². The fourth-order valence-corrected chi connectivity index (χ4v) is 5.43. The second-order valence-corrected chi connectivity index (χ2v) is 9.82. The van der Waals surface area contributed by atoms with Crippen LogP contribution in [-0.4, -0.2) is 81.2 Å². The zero-order valence-electron chi connectivity index (χ0n) is 18.0. The Morgan fingerprint density at radius 3 is 2.39 bits per heavy atom. The van der Waals surface area contributed by atoms with Gasteiger partial charge in [-0.05, 0) is 45.0 Å². The van der Waals surface area contributed by atoms with Crippen molar-refractivity contribution < 1.29 is 22.8 Å². The number of sulfonamides is 1. The molecule has 2 heterocycles. The fraction of sp³-hybridized carbons (Fsp3) is 0.550. The SMILES string of the molecule is Cc1c(N2C(=O)CCC2C)cccc1S(=O)(=O)N[C@@H](C(N)=O)C(=O)N1CCN(C)CC1. The number of rotatable bonds is 6. The van der Waals surface area contributed by atoms with Gasteiger partial charge in [0.15, 0.2) is 6.04 Å². The van der Waals surface area contributed by atoms with E-state index in [1.54, 1.807) is 17.9 Å². The number of nitrogens with zero attached hydrogens (tertiary/aromatic N) is 3. The van der Waals surface area contributed by atoms with Gasteiger partial charge in [0.25, 0.3) is 5.91 Å². The number of likely N-dealkylation sites (N-methyl/N-ethyl adjacent to an activating group) is 1. The molecule has 0 saturated carbocycles. The van der Waals surface area contributed by atoms with Gasteiger partial charge < -0.3 is 20.4 Å². The van der Waals surface area contributed by atoms with E-state index in [4.69, 9.17) is 5.73 Å². The molecule has 11 heteroatoms. The van der Waals surface area contributed by atoms with Crippen molar-refractivity contribution >= 4 is 33.4 Å². The Balaban J connectivity index is 1.88. The predicted octanol–water partition coefficient (Wildman–Crippen LogP) is -0.583. The van der Waals surface area contributed by atoms with E-state index in [2.05, 4.69) is 4.72 Å². The van der Waals surface area contributed by atoms with Gasteiger partial charge >= 0.3 is 0 Å². The molecule has 1 aromatic carbocycles. The Morgan fingerprint density at radius 2 is 1.84 bits per heavy atom. The molecule has 1 unspecified atom stereocenters. The van der Waals surface area contributed by atoms with E-state index >= 15 is 0 Å². The first-order valence-corrected chi connectivity index (χ1v) is 11.7. The lowest BCUT2D eigenvalue weighted by Gasteiger charge is -2.34. The third-order valence-corrected chi connectivity index (χ3v) is 7.48. The molecule has 170 valence electrons. The normalized spacial score (nSPS) is 21.4. The summed E-state index contributed by atoms with van der Waals surface area (Å²) in [5, 5.41) is 0. The number of amides is 3. The molecule has 3 N–H and O–H groups in total. The minimum atomic E-state index is -4.26. The lowest BCUT2D eigenvalue weighted by molar-refractivity contribution is -0.138. The van der Waals surface area contributed by atoms with Crippen molar-refractivity contribution in [3.8, 4) is 0 Å². The zero-order chi connectivity index (χ0) is 22.9. The van der Waals surface area contributed by atoms with E-state index in [0.29, 0.717) is 50.3 Å². The first-order valence-electron chi connectivity index (χ1n) is 10.2. The van der Waals surface area contributed by atoms with Crippen LogP contribution in [0.3, 0.4) is 0 Å². The maximum Gasteiger partial charge on any atom is 0.250 e. The highest BCUT2D eigenvalue weighted by Crippen LogP contribution is 2.32. The number of hydrogen-bond acceptors (Lipinski definition) is 6. The molecular formula is C20H29N5O5S. The molecule has 0 spiro atoms. The Bertz CT molecular complexity index is 988. The molecule has 0 radical (unpaired) electrons. The highest BCUT2D eigenvalue weighted by molar-refractivity contribution is 7.89. The van der Waals surface area contributed by atoms with Crippen molar-refractivity contribution in [1.29, 1.82) is 0 Å². The molecule has 0 bridgehead atoms. The summed E-state index contributed by atoms with van der Waals surface area (Å²) in [7, 11) is -2.35. The first kappa shape index (κ1) is 23.2. The second kappa shape index (κ2) is 8.93. The van der Waals surface area contributed by atoms with Crippen LogP contribution in [0.15, 0.2) is 23.1 Å². The summed E-state index contributed by atoms with van der Waals surface area (Å²) < 4.78 is 28.5. The highest BCUT2D eigenvalue weighted by Gasteiger charge is 2.36. The van der Waals surface area contributed by atoms with Crippen molar-refractivity contribution in [1.82, 2.24) is 14.5 Å². The Morgan fingerprint density at radius 1 is 1.19 bits per heavy atom. The lowest BCUT2D eigenvalue weighted by atomic mass is 10.1.